The summed E-state index contributed by atoms with van der Waals surface area (Å²) in [6, 6.07) is 9.09. The van der Waals surface area contributed by atoms with Crippen LogP contribution in [-0.2, 0) is 35.0 Å². The minimum atomic E-state index is -4.45. The first-order valence-electron chi connectivity index (χ1n) is 9.50. The number of carbonyl (C=O) groups is 2. The van der Waals surface area contributed by atoms with Crippen molar-refractivity contribution in [2.75, 3.05) is 6.61 Å². The summed E-state index contributed by atoms with van der Waals surface area (Å²) in [6.07, 6.45) is -0.745. The predicted octanol–water partition coefficient (Wildman–Crippen LogP) is 4.74. The molecule has 29 heavy (non-hydrogen) atoms. The number of halogens is 3. The molecular weight excluding hydrogens is 381 g/mol. The first-order chi connectivity index (χ1) is 13.8. The van der Waals surface area contributed by atoms with E-state index in [9.17, 15) is 22.8 Å². The van der Waals surface area contributed by atoms with Crippen molar-refractivity contribution in [3.63, 3.8) is 0 Å². The highest BCUT2D eigenvalue weighted by Gasteiger charge is 2.32. The van der Waals surface area contributed by atoms with Gasteiger partial charge in [-0.25, -0.2) is 0 Å². The SMILES string of the molecule is O=C(/C=C1\CCOc2cc(C(F)(F)F)ccc21)Cc1cccc2c1CC(=O)CC2. The molecule has 0 unspecified atom stereocenters. The van der Waals surface area contributed by atoms with Gasteiger partial charge in [-0.1, -0.05) is 24.3 Å². The fourth-order valence-electron chi connectivity index (χ4n) is 3.95. The number of hydrogen-bond donors (Lipinski definition) is 0. The molecule has 0 amide bonds. The smallest absolute Gasteiger partial charge is 0.416 e. The Morgan fingerprint density at radius 3 is 2.72 bits per heavy atom. The Hall–Kier alpha value is -2.89. The maximum Gasteiger partial charge on any atom is 0.416 e. The van der Waals surface area contributed by atoms with Gasteiger partial charge in [0.25, 0.3) is 0 Å². The lowest BCUT2D eigenvalue weighted by atomic mass is 9.86. The van der Waals surface area contributed by atoms with Gasteiger partial charge in [-0.2, -0.15) is 13.2 Å². The van der Waals surface area contributed by atoms with Crippen molar-refractivity contribution < 1.29 is 27.5 Å². The number of benzene rings is 2. The number of aryl methyl sites for hydroxylation is 1. The van der Waals surface area contributed by atoms with Crippen LogP contribution in [0.4, 0.5) is 13.2 Å². The zero-order valence-electron chi connectivity index (χ0n) is 15.6. The predicted molar refractivity (Wildman–Crippen MR) is 102 cm³/mol. The number of allylic oxidation sites excluding steroid dienone is 1. The van der Waals surface area contributed by atoms with Gasteiger partial charge >= 0.3 is 6.18 Å². The largest absolute Gasteiger partial charge is 0.493 e. The molecule has 1 aliphatic heterocycles. The van der Waals surface area contributed by atoms with Crippen molar-refractivity contribution in [2.24, 2.45) is 0 Å². The molecule has 0 aromatic heterocycles. The molecule has 3 nitrogen and oxygen atoms in total. The highest BCUT2D eigenvalue weighted by molar-refractivity contribution is 5.99. The molecule has 0 radical (unpaired) electrons. The number of rotatable bonds is 3. The maximum atomic E-state index is 12.9. The van der Waals surface area contributed by atoms with E-state index in [1.54, 1.807) is 0 Å². The summed E-state index contributed by atoms with van der Waals surface area (Å²) >= 11 is 0. The summed E-state index contributed by atoms with van der Waals surface area (Å²) in [5.74, 6) is 0.182. The van der Waals surface area contributed by atoms with Crippen molar-refractivity contribution in [3.8, 4) is 5.75 Å². The third-order valence-corrected chi connectivity index (χ3v) is 5.40. The Balaban J connectivity index is 1.59. The molecule has 2 aromatic carbocycles. The third kappa shape index (κ3) is 4.11. The van der Waals surface area contributed by atoms with Crippen molar-refractivity contribution in [1.29, 1.82) is 0 Å². The Kier molecular flexibility index (Phi) is 5.03. The van der Waals surface area contributed by atoms with Gasteiger partial charge in [-0.15, -0.1) is 0 Å². The third-order valence-electron chi connectivity index (χ3n) is 5.40. The van der Waals surface area contributed by atoms with Crippen LogP contribution in [0.1, 0.15) is 40.7 Å². The lowest BCUT2D eigenvalue weighted by molar-refractivity contribution is -0.137. The van der Waals surface area contributed by atoms with Crippen molar-refractivity contribution in [2.45, 2.75) is 38.3 Å². The monoisotopic (exact) mass is 400 g/mol. The molecule has 2 aromatic rings. The van der Waals surface area contributed by atoms with E-state index in [-0.39, 0.29) is 30.3 Å². The quantitative estimate of drug-likeness (QED) is 0.699. The van der Waals surface area contributed by atoms with Gasteiger partial charge in [-0.05, 0) is 46.9 Å². The zero-order valence-corrected chi connectivity index (χ0v) is 15.6. The van der Waals surface area contributed by atoms with Gasteiger partial charge < -0.3 is 4.74 Å². The maximum absolute atomic E-state index is 12.9. The topological polar surface area (TPSA) is 43.4 Å². The number of carbonyl (C=O) groups excluding carboxylic acids is 2. The summed E-state index contributed by atoms with van der Waals surface area (Å²) in [4.78, 5) is 24.5. The van der Waals surface area contributed by atoms with Crippen LogP contribution >= 0.6 is 0 Å². The number of hydrogen-bond acceptors (Lipinski definition) is 3. The van der Waals surface area contributed by atoms with Crippen molar-refractivity contribution in [3.05, 3.63) is 70.3 Å². The second-order valence-electron chi connectivity index (χ2n) is 7.39. The Bertz CT molecular complexity index is 1020. The van der Waals surface area contributed by atoms with Gasteiger partial charge in [-0.3, -0.25) is 9.59 Å². The number of ether oxygens (including phenoxy) is 1. The summed E-state index contributed by atoms with van der Waals surface area (Å²) in [5, 5.41) is 0. The van der Waals surface area contributed by atoms with Crippen LogP contribution in [0.15, 0.2) is 42.5 Å². The van der Waals surface area contributed by atoms with Gasteiger partial charge in [0.1, 0.15) is 11.5 Å². The molecule has 0 spiro atoms. The summed E-state index contributed by atoms with van der Waals surface area (Å²) in [6.45, 7) is 0.225. The van der Waals surface area contributed by atoms with Crippen LogP contribution < -0.4 is 4.74 Å². The van der Waals surface area contributed by atoms with Crippen LogP contribution in [0.3, 0.4) is 0 Å². The van der Waals surface area contributed by atoms with Gasteiger partial charge in [0.2, 0.25) is 0 Å². The molecule has 0 fully saturated rings. The minimum Gasteiger partial charge on any atom is -0.493 e. The van der Waals surface area contributed by atoms with E-state index in [4.69, 9.17) is 4.74 Å². The van der Waals surface area contributed by atoms with E-state index < -0.39 is 11.7 Å². The van der Waals surface area contributed by atoms with Crippen molar-refractivity contribution >= 4 is 17.1 Å². The second-order valence-corrected chi connectivity index (χ2v) is 7.39. The van der Waals surface area contributed by atoms with Gasteiger partial charge in [0.15, 0.2) is 5.78 Å². The fourth-order valence-corrected chi connectivity index (χ4v) is 3.95. The number of Topliss-reactive ketones (excluding diaryl/α,β-unsaturated/α-hetero) is 1. The average Bonchev–Trinajstić information content (AvgIpc) is 2.67. The number of fused-ring (bicyclic) bond motifs is 2. The molecular formula is C23H19F3O3. The fraction of sp³-hybridized carbons (Fsp3) is 0.304. The molecule has 4 rings (SSSR count). The number of alkyl halides is 3. The first-order valence-corrected chi connectivity index (χ1v) is 9.50. The van der Waals surface area contributed by atoms with Crippen LogP contribution in [0, 0.1) is 0 Å². The van der Waals surface area contributed by atoms with Gasteiger partial charge in [0, 0.05) is 31.2 Å². The Labute approximate surface area is 166 Å². The zero-order chi connectivity index (χ0) is 20.6. The summed E-state index contributed by atoms with van der Waals surface area (Å²) in [7, 11) is 0. The highest BCUT2D eigenvalue weighted by Crippen LogP contribution is 2.38. The van der Waals surface area contributed by atoms with Crippen LogP contribution in [0.2, 0.25) is 0 Å². The van der Waals surface area contributed by atoms with Gasteiger partial charge in [0.05, 0.1) is 12.2 Å². The van der Waals surface area contributed by atoms with E-state index in [1.807, 2.05) is 18.2 Å². The molecule has 0 saturated heterocycles. The van der Waals surface area contributed by atoms with Crippen LogP contribution in [0.25, 0.3) is 5.57 Å². The molecule has 0 bridgehead atoms. The average molecular weight is 400 g/mol. The van der Waals surface area contributed by atoms with E-state index in [0.717, 1.165) is 28.8 Å². The number of ketones is 2. The molecule has 0 saturated carbocycles. The standard InChI is InChI=1S/C23H19F3O3/c24-23(25,26)17-5-7-20-16(8-9-29-22(20)12-17)11-19(28)10-15-3-1-2-14-4-6-18(27)13-21(14)15/h1-3,5,7,11-12H,4,6,8-10,13H2/b16-11+. The molecule has 1 heterocycles. The van der Waals surface area contributed by atoms with E-state index in [2.05, 4.69) is 0 Å². The van der Waals surface area contributed by atoms with E-state index in [1.165, 1.54) is 12.1 Å². The summed E-state index contributed by atoms with van der Waals surface area (Å²) < 4.78 is 44.2. The molecule has 150 valence electrons. The molecule has 1 aliphatic carbocycles. The highest BCUT2D eigenvalue weighted by atomic mass is 19.4. The Morgan fingerprint density at radius 1 is 1.10 bits per heavy atom. The normalized spacial score (nSPS) is 17.5. The first kappa shape index (κ1) is 19.4. The van der Waals surface area contributed by atoms with Crippen molar-refractivity contribution in [1.82, 2.24) is 0 Å². The Morgan fingerprint density at radius 2 is 1.93 bits per heavy atom. The molecule has 6 heteroatoms. The molecule has 0 atom stereocenters. The lowest BCUT2D eigenvalue weighted by Gasteiger charge is -2.21. The van der Waals surface area contributed by atoms with E-state index in [0.29, 0.717) is 36.8 Å². The van der Waals surface area contributed by atoms with Crippen LogP contribution in [0.5, 0.6) is 5.75 Å². The molecule has 0 N–H and O–H groups in total. The summed E-state index contributed by atoms with van der Waals surface area (Å²) in [5.41, 5.74) is 3.31. The second kappa shape index (κ2) is 7.50. The lowest BCUT2D eigenvalue weighted by Crippen LogP contribution is -2.16. The van der Waals surface area contributed by atoms with E-state index >= 15 is 0 Å². The minimum absolute atomic E-state index is 0.140. The molecule has 2 aliphatic rings. The van der Waals surface area contributed by atoms with Crippen LogP contribution in [-0.4, -0.2) is 18.2 Å².